The van der Waals surface area contributed by atoms with Crippen molar-refractivity contribution in [3.8, 4) is 0 Å². The fourth-order valence-corrected chi connectivity index (χ4v) is 5.95. The third-order valence-corrected chi connectivity index (χ3v) is 6.68. The highest BCUT2D eigenvalue weighted by molar-refractivity contribution is 5.93. The van der Waals surface area contributed by atoms with E-state index in [2.05, 4.69) is 5.32 Å². The molecule has 0 heterocycles. The fraction of sp³-hybridized carbons (Fsp3) is 0.636. The van der Waals surface area contributed by atoms with Crippen LogP contribution in [0.25, 0.3) is 0 Å². The molecule has 0 aliphatic heterocycles. The summed E-state index contributed by atoms with van der Waals surface area (Å²) < 4.78 is 5.48. The lowest BCUT2D eigenvalue weighted by Gasteiger charge is -2.57. The Morgan fingerprint density at radius 2 is 1.65 bits per heavy atom. The summed E-state index contributed by atoms with van der Waals surface area (Å²) in [6.07, 6.45) is 6.55. The zero-order valence-corrected chi connectivity index (χ0v) is 16.0. The van der Waals surface area contributed by atoms with E-state index in [4.69, 9.17) is 4.74 Å². The molecular weight excluding hydrogens is 326 g/mol. The lowest BCUT2D eigenvalue weighted by molar-refractivity contribution is -0.134. The number of benzene rings is 1. The van der Waals surface area contributed by atoms with Crippen LogP contribution < -0.4 is 5.32 Å². The van der Waals surface area contributed by atoms with E-state index in [1.807, 2.05) is 26.0 Å². The second-order valence-corrected chi connectivity index (χ2v) is 9.05. The van der Waals surface area contributed by atoms with Crippen LogP contribution in [0, 0.1) is 31.6 Å². The highest BCUT2D eigenvalue weighted by atomic mass is 16.5. The number of carbonyl (C=O) groups excluding carboxylic acids is 2. The molecule has 1 aromatic carbocycles. The Morgan fingerprint density at radius 3 is 2.19 bits per heavy atom. The van der Waals surface area contributed by atoms with Gasteiger partial charge in [-0.3, -0.25) is 4.79 Å². The maximum Gasteiger partial charge on any atom is 0.339 e. The zero-order valence-electron chi connectivity index (χ0n) is 16.0. The summed E-state index contributed by atoms with van der Waals surface area (Å²) in [6, 6.07) is 5.62. The van der Waals surface area contributed by atoms with Crippen molar-refractivity contribution in [2.45, 2.75) is 70.9 Å². The van der Waals surface area contributed by atoms with E-state index in [0.29, 0.717) is 5.56 Å². The minimum Gasteiger partial charge on any atom is -0.449 e. The molecule has 140 valence electrons. The molecule has 0 saturated heterocycles. The van der Waals surface area contributed by atoms with Gasteiger partial charge in [0, 0.05) is 5.54 Å². The van der Waals surface area contributed by atoms with Gasteiger partial charge in [0.05, 0.1) is 5.56 Å². The predicted octanol–water partition coefficient (Wildman–Crippen LogP) is 3.93. The predicted molar refractivity (Wildman–Crippen MR) is 99.8 cm³/mol. The fourth-order valence-electron chi connectivity index (χ4n) is 5.95. The quantitative estimate of drug-likeness (QED) is 0.833. The second-order valence-electron chi connectivity index (χ2n) is 9.05. The van der Waals surface area contributed by atoms with E-state index >= 15 is 0 Å². The number of esters is 1. The Morgan fingerprint density at radius 1 is 1.08 bits per heavy atom. The minimum atomic E-state index is -0.767. The van der Waals surface area contributed by atoms with Gasteiger partial charge in [0.2, 0.25) is 0 Å². The molecule has 1 atom stereocenters. The van der Waals surface area contributed by atoms with Crippen molar-refractivity contribution in [1.82, 2.24) is 5.32 Å². The van der Waals surface area contributed by atoms with Gasteiger partial charge in [-0.2, -0.15) is 0 Å². The molecule has 4 bridgehead atoms. The summed E-state index contributed by atoms with van der Waals surface area (Å²) in [6.45, 7) is 5.56. The third-order valence-electron chi connectivity index (χ3n) is 6.68. The Kier molecular flexibility index (Phi) is 4.32. The SMILES string of the molecule is Cc1ccc(C(=O)OC(C)C(=O)NC23CC4CC(CC(C4)C2)C3)c(C)c1. The lowest BCUT2D eigenvalue weighted by atomic mass is 9.53. The van der Waals surface area contributed by atoms with Gasteiger partial charge in [-0.1, -0.05) is 17.7 Å². The maximum absolute atomic E-state index is 12.7. The number of hydrogen-bond donors (Lipinski definition) is 1. The van der Waals surface area contributed by atoms with Gasteiger partial charge in [-0.25, -0.2) is 4.79 Å². The van der Waals surface area contributed by atoms with E-state index < -0.39 is 12.1 Å². The van der Waals surface area contributed by atoms with Gasteiger partial charge in [0.1, 0.15) is 0 Å². The molecule has 0 spiro atoms. The van der Waals surface area contributed by atoms with E-state index in [9.17, 15) is 9.59 Å². The summed E-state index contributed by atoms with van der Waals surface area (Å²) in [5, 5.41) is 3.29. The Balaban J connectivity index is 1.40. The molecular formula is C22H29NO3. The molecule has 26 heavy (non-hydrogen) atoms. The number of nitrogens with one attached hydrogen (secondary N) is 1. The number of ether oxygens (including phenoxy) is 1. The van der Waals surface area contributed by atoms with Crippen LogP contribution in [-0.4, -0.2) is 23.5 Å². The lowest BCUT2D eigenvalue weighted by Crippen LogP contribution is -2.61. The van der Waals surface area contributed by atoms with E-state index in [0.717, 1.165) is 48.1 Å². The van der Waals surface area contributed by atoms with Gasteiger partial charge in [-0.05, 0) is 88.7 Å². The molecule has 4 nitrogen and oxygen atoms in total. The number of rotatable bonds is 4. The van der Waals surface area contributed by atoms with E-state index in [1.165, 1.54) is 19.3 Å². The van der Waals surface area contributed by atoms with Crippen molar-refractivity contribution in [2.24, 2.45) is 17.8 Å². The highest BCUT2D eigenvalue weighted by Gasteiger charge is 2.51. The first-order valence-electron chi connectivity index (χ1n) is 9.94. The topological polar surface area (TPSA) is 55.4 Å². The number of aryl methyl sites for hydroxylation is 2. The van der Waals surface area contributed by atoms with Crippen LogP contribution in [0.3, 0.4) is 0 Å². The molecule has 1 N–H and O–H groups in total. The molecule has 4 aliphatic carbocycles. The van der Waals surface area contributed by atoms with Crippen molar-refractivity contribution in [3.63, 3.8) is 0 Å². The van der Waals surface area contributed by atoms with Crippen LogP contribution in [-0.2, 0) is 9.53 Å². The van der Waals surface area contributed by atoms with Crippen LogP contribution in [0.15, 0.2) is 18.2 Å². The van der Waals surface area contributed by atoms with Gasteiger partial charge in [0.25, 0.3) is 5.91 Å². The number of carbonyl (C=O) groups is 2. The summed E-state index contributed by atoms with van der Waals surface area (Å²) in [7, 11) is 0. The largest absolute Gasteiger partial charge is 0.449 e. The smallest absolute Gasteiger partial charge is 0.339 e. The molecule has 0 aromatic heterocycles. The van der Waals surface area contributed by atoms with Gasteiger partial charge < -0.3 is 10.1 Å². The van der Waals surface area contributed by atoms with Crippen molar-refractivity contribution < 1.29 is 14.3 Å². The Bertz CT molecular complexity index is 704. The van der Waals surface area contributed by atoms with Gasteiger partial charge in [0.15, 0.2) is 6.10 Å². The standard InChI is InChI=1S/C22H29NO3/c1-13-4-5-19(14(2)6-13)21(25)26-15(3)20(24)23-22-10-16-7-17(11-22)9-18(8-16)12-22/h4-6,15-18H,7-12H2,1-3H3,(H,23,24). The van der Waals surface area contributed by atoms with Gasteiger partial charge in [-0.15, -0.1) is 0 Å². The summed E-state index contributed by atoms with van der Waals surface area (Å²) in [5.41, 5.74) is 2.46. The van der Waals surface area contributed by atoms with E-state index in [-0.39, 0.29) is 11.4 Å². The number of amides is 1. The van der Waals surface area contributed by atoms with Crippen molar-refractivity contribution in [3.05, 3.63) is 34.9 Å². The first kappa shape index (κ1) is 17.6. The molecule has 5 rings (SSSR count). The molecule has 4 fully saturated rings. The normalized spacial score (nSPS) is 33.0. The van der Waals surface area contributed by atoms with Crippen LogP contribution in [0.5, 0.6) is 0 Å². The Labute approximate surface area is 155 Å². The summed E-state index contributed by atoms with van der Waals surface area (Å²) in [4.78, 5) is 25.2. The van der Waals surface area contributed by atoms with Crippen molar-refractivity contribution in [2.75, 3.05) is 0 Å². The highest BCUT2D eigenvalue weighted by Crippen LogP contribution is 2.55. The summed E-state index contributed by atoms with van der Waals surface area (Å²) >= 11 is 0. The third kappa shape index (κ3) is 3.26. The average molecular weight is 355 g/mol. The van der Waals surface area contributed by atoms with Crippen molar-refractivity contribution >= 4 is 11.9 Å². The minimum absolute atomic E-state index is 0.0493. The molecule has 1 amide bonds. The monoisotopic (exact) mass is 355 g/mol. The molecule has 1 aromatic rings. The first-order chi connectivity index (χ1) is 12.3. The van der Waals surface area contributed by atoms with E-state index in [1.54, 1.807) is 13.0 Å². The molecule has 4 heteroatoms. The molecule has 4 aliphatic rings. The average Bonchev–Trinajstić information content (AvgIpc) is 2.52. The zero-order chi connectivity index (χ0) is 18.5. The maximum atomic E-state index is 12.7. The van der Waals surface area contributed by atoms with Crippen molar-refractivity contribution in [1.29, 1.82) is 0 Å². The van der Waals surface area contributed by atoms with Crippen LogP contribution in [0.1, 0.15) is 66.9 Å². The van der Waals surface area contributed by atoms with Gasteiger partial charge >= 0.3 is 5.97 Å². The molecule has 0 radical (unpaired) electrons. The van der Waals surface area contributed by atoms with Crippen LogP contribution in [0.2, 0.25) is 0 Å². The summed E-state index contributed by atoms with van der Waals surface area (Å²) in [5.74, 6) is 1.75. The molecule has 1 unspecified atom stereocenters. The Hall–Kier alpha value is -1.84. The molecule has 4 saturated carbocycles. The first-order valence-corrected chi connectivity index (χ1v) is 9.94. The van der Waals surface area contributed by atoms with Crippen LogP contribution in [0.4, 0.5) is 0 Å². The number of hydrogen-bond acceptors (Lipinski definition) is 3. The van der Waals surface area contributed by atoms with Crippen LogP contribution >= 0.6 is 0 Å². The second kappa shape index (κ2) is 6.40.